The van der Waals surface area contributed by atoms with Crippen LogP contribution in [0.5, 0.6) is 0 Å². The molecule has 0 aliphatic rings. The second-order valence-electron chi connectivity index (χ2n) is 4.56. The van der Waals surface area contributed by atoms with Crippen molar-refractivity contribution in [2.45, 2.75) is 13.0 Å². The van der Waals surface area contributed by atoms with E-state index in [2.05, 4.69) is 15.1 Å². The molecule has 106 valence electrons. The minimum Gasteiger partial charge on any atom is -0.334 e. The van der Waals surface area contributed by atoms with Gasteiger partial charge in [-0.3, -0.25) is 4.98 Å². The molecule has 5 nitrogen and oxygen atoms in total. The molecule has 0 amide bonds. The van der Waals surface area contributed by atoms with Gasteiger partial charge in [-0.25, -0.2) is 4.39 Å². The molecule has 0 unspecified atom stereocenters. The van der Waals surface area contributed by atoms with Crippen LogP contribution in [-0.4, -0.2) is 15.1 Å². The third kappa shape index (κ3) is 3.11. The van der Waals surface area contributed by atoms with Crippen molar-refractivity contribution in [3.8, 4) is 11.5 Å². The number of pyridine rings is 1. The van der Waals surface area contributed by atoms with Gasteiger partial charge in [-0.1, -0.05) is 17.3 Å². The quantitative estimate of drug-likeness (QED) is 0.795. The zero-order valence-electron chi connectivity index (χ0n) is 11.2. The van der Waals surface area contributed by atoms with E-state index >= 15 is 0 Å². The highest BCUT2D eigenvalue weighted by atomic mass is 19.1. The highest BCUT2D eigenvalue weighted by Gasteiger charge is 2.10. The molecule has 0 fully saturated rings. The normalized spacial score (nSPS) is 10.8. The third-order valence-corrected chi connectivity index (χ3v) is 3.02. The van der Waals surface area contributed by atoms with Crippen molar-refractivity contribution in [3.63, 3.8) is 0 Å². The first-order chi connectivity index (χ1) is 10.2. The van der Waals surface area contributed by atoms with Crippen LogP contribution in [0.15, 0.2) is 47.1 Å². The van der Waals surface area contributed by atoms with Crippen molar-refractivity contribution in [2.24, 2.45) is 5.73 Å². The van der Waals surface area contributed by atoms with Crippen LogP contribution in [0, 0.1) is 5.82 Å². The Bertz CT molecular complexity index is 739. The fraction of sp³-hybridized carbons (Fsp3) is 0.133. The molecule has 3 rings (SSSR count). The van der Waals surface area contributed by atoms with Crippen molar-refractivity contribution in [2.75, 3.05) is 0 Å². The van der Waals surface area contributed by atoms with E-state index in [4.69, 9.17) is 10.3 Å². The van der Waals surface area contributed by atoms with Gasteiger partial charge >= 0.3 is 0 Å². The summed E-state index contributed by atoms with van der Waals surface area (Å²) in [7, 11) is 0. The van der Waals surface area contributed by atoms with Gasteiger partial charge < -0.3 is 10.3 Å². The molecule has 21 heavy (non-hydrogen) atoms. The van der Waals surface area contributed by atoms with E-state index in [1.807, 2.05) is 6.07 Å². The van der Waals surface area contributed by atoms with Crippen LogP contribution in [-0.2, 0) is 13.0 Å². The van der Waals surface area contributed by atoms with Crippen LogP contribution in [0.25, 0.3) is 11.5 Å². The zero-order valence-corrected chi connectivity index (χ0v) is 11.2. The zero-order chi connectivity index (χ0) is 14.7. The monoisotopic (exact) mass is 284 g/mol. The predicted octanol–water partition coefficient (Wildman–Crippen LogP) is 2.32. The standard InChI is InChI=1S/C15H13FN4O/c16-12-3-1-10(2-4-12)7-14-19-15(21-20-14)11-5-6-18-13(8-11)9-17/h1-6,8H,7,9,17H2. The van der Waals surface area contributed by atoms with Crippen molar-refractivity contribution in [3.05, 3.63) is 65.5 Å². The Morgan fingerprint density at radius 1 is 1.14 bits per heavy atom. The van der Waals surface area contributed by atoms with Gasteiger partial charge in [-0.05, 0) is 29.8 Å². The predicted molar refractivity (Wildman–Crippen MR) is 74.6 cm³/mol. The summed E-state index contributed by atoms with van der Waals surface area (Å²) in [5.41, 5.74) is 8.01. The molecular formula is C15H13FN4O. The van der Waals surface area contributed by atoms with Crippen LogP contribution in [0.2, 0.25) is 0 Å². The summed E-state index contributed by atoms with van der Waals surface area (Å²) in [6.45, 7) is 0.352. The van der Waals surface area contributed by atoms with Gasteiger partial charge in [0.2, 0.25) is 0 Å². The summed E-state index contributed by atoms with van der Waals surface area (Å²) >= 11 is 0. The summed E-state index contributed by atoms with van der Waals surface area (Å²) in [5.74, 6) is 0.700. The average Bonchev–Trinajstić information content (AvgIpc) is 2.98. The molecule has 0 bridgehead atoms. The molecule has 0 atom stereocenters. The largest absolute Gasteiger partial charge is 0.334 e. The number of hydrogen-bond donors (Lipinski definition) is 1. The minimum absolute atomic E-state index is 0.265. The summed E-state index contributed by atoms with van der Waals surface area (Å²) in [4.78, 5) is 8.45. The second-order valence-corrected chi connectivity index (χ2v) is 4.56. The Balaban J connectivity index is 1.81. The number of nitrogens with two attached hydrogens (primary N) is 1. The molecule has 6 heteroatoms. The number of aromatic nitrogens is 3. The first kappa shape index (κ1) is 13.4. The highest BCUT2D eigenvalue weighted by molar-refractivity contribution is 5.52. The lowest BCUT2D eigenvalue weighted by Crippen LogP contribution is -1.99. The lowest BCUT2D eigenvalue weighted by Gasteiger charge is -1.97. The number of hydrogen-bond acceptors (Lipinski definition) is 5. The van der Waals surface area contributed by atoms with Gasteiger partial charge in [0.1, 0.15) is 5.82 Å². The molecule has 3 aromatic rings. The summed E-state index contributed by atoms with van der Waals surface area (Å²) < 4.78 is 18.1. The maximum atomic E-state index is 12.9. The maximum absolute atomic E-state index is 12.9. The van der Waals surface area contributed by atoms with Crippen LogP contribution in [0.4, 0.5) is 4.39 Å². The minimum atomic E-state index is -0.265. The SMILES string of the molecule is NCc1cc(-c2nc(Cc3ccc(F)cc3)no2)ccn1. The lowest BCUT2D eigenvalue weighted by atomic mass is 10.1. The molecule has 0 spiro atoms. The Morgan fingerprint density at radius 2 is 1.95 bits per heavy atom. The lowest BCUT2D eigenvalue weighted by molar-refractivity contribution is 0.424. The molecule has 1 aromatic carbocycles. The van der Waals surface area contributed by atoms with E-state index in [9.17, 15) is 4.39 Å². The molecule has 2 aromatic heterocycles. The number of nitrogens with zero attached hydrogens (tertiary/aromatic N) is 3. The topological polar surface area (TPSA) is 77.8 Å². The van der Waals surface area contributed by atoms with Crippen molar-refractivity contribution < 1.29 is 8.91 Å². The first-order valence-corrected chi connectivity index (χ1v) is 6.47. The van der Waals surface area contributed by atoms with Crippen LogP contribution < -0.4 is 5.73 Å². The van der Waals surface area contributed by atoms with Gasteiger partial charge in [0.25, 0.3) is 5.89 Å². The maximum Gasteiger partial charge on any atom is 0.258 e. The van der Waals surface area contributed by atoms with E-state index in [0.717, 1.165) is 16.8 Å². The molecule has 0 aliphatic heterocycles. The van der Waals surface area contributed by atoms with Crippen molar-refractivity contribution in [1.82, 2.24) is 15.1 Å². The Kier molecular flexibility index (Phi) is 3.70. The molecule has 0 radical (unpaired) electrons. The average molecular weight is 284 g/mol. The molecule has 0 aliphatic carbocycles. The summed E-state index contributed by atoms with van der Waals surface area (Å²) in [6, 6.07) is 9.82. The van der Waals surface area contributed by atoms with Crippen molar-refractivity contribution >= 4 is 0 Å². The fourth-order valence-electron chi connectivity index (χ4n) is 1.95. The Hall–Kier alpha value is -2.60. The molecule has 0 saturated heterocycles. The van der Waals surface area contributed by atoms with Gasteiger partial charge in [0.15, 0.2) is 5.82 Å². The Labute approximate surface area is 120 Å². The van der Waals surface area contributed by atoms with Crippen LogP contribution in [0.3, 0.4) is 0 Å². The molecule has 0 saturated carbocycles. The van der Waals surface area contributed by atoms with E-state index in [-0.39, 0.29) is 5.82 Å². The molecule has 2 heterocycles. The first-order valence-electron chi connectivity index (χ1n) is 6.47. The van der Waals surface area contributed by atoms with Gasteiger partial charge in [-0.15, -0.1) is 0 Å². The van der Waals surface area contributed by atoms with Gasteiger partial charge in [0, 0.05) is 24.7 Å². The van der Waals surface area contributed by atoms with Gasteiger partial charge in [0.05, 0.1) is 5.69 Å². The van der Waals surface area contributed by atoms with Crippen LogP contribution in [0.1, 0.15) is 17.1 Å². The number of halogens is 1. The van der Waals surface area contributed by atoms with Gasteiger partial charge in [-0.2, -0.15) is 4.98 Å². The van der Waals surface area contributed by atoms with E-state index in [1.165, 1.54) is 12.1 Å². The number of benzene rings is 1. The fourth-order valence-corrected chi connectivity index (χ4v) is 1.95. The smallest absolute Gasteiger partial charge is 0.258 e. The van der Waals surface area contributed by atoms with E-state index in [0.29, 0.717) is 24.7 Å². The number of rotatable bonds is 4. The summed E-state index contributed by atoms with van der Waals surface area (Å²) in [6.07, 6.45) is 2.14. The molecular weight excluding hydrogens is 271 g/mol. The highest BCUT2D eigenvalue weighted by Crippen LogP contribution is 2.18. The van der Waals surface area contributed by atoms with Crippen LogP contribution >= 0.6 is 0 Å². The van der Waals surface area contributed by atoms with E-state index in [1.54, 1.807) is 24.4 Å². The molecule has 2 N–H and O–H groups in total. The Morgan fingerprint density at radius 3 is 2.71 bits per heavy atom. The second kappa shape index (κ2) is 5.80. The van der Waals surface area contributed by atoms with E-state index < -0.39 is 0 Å². The summed E-state index contributed by atoms with van der Waals surface area (Å²) in [5, 5.41) is 3.93. The third-order valence-electron chi connectivity index (χ3n) is 3.02. The van der Waals surface area contributed by atoms with Crippen molar-refractivity contribution in [1.29, 1.82) is 0 Å².